The van der Waals surface area contributed by atoms with Gasteiger partial charge in [0.1, 0.15) is 30.1 Å². The summed E-state index contributed by atoms with van der Waals surface area (Å²) >= 11 is 1.28. The summed E-state index contributed by atoms with van der Waals surface area (Å²) in [5, 5.41) is 9.49. The number of aromatic nitrogens is 1. The number of thioether (sulfide) groups is 1. The van der Waals surface area contributed by atoms with Gasteiger partial charge >= 0.3 is 6.09 Å². The highest BCUT2D eigenvalue weighted by atomic mass is 32.2. The number of halogens is 1. The highest BCUT2D eigenvalue weighted by Crippen LogP contribution is 2.36. The van der Waals surface area contributed by atoms with Gasteiger partial charge in [0.25, 0.3) is 0 Å². The van der Waals surface area contributed by atoms with Crippen LogP contribution in [0, 0.1) is 11.3 Å². The number of amides is 1. The minimum atomic E-state index is -0.714. The number of alkyl halides is 1. The second-order valence-electron chi connectivity index (χ2n) is 6.94. The van der Waals surface area contributed by atoms with Crippen LogP contribution < -0.4 is 0 Å². The molecule has 0 N–H and O–H groups in total. The van der Waals surface area contributed by atoms with E-state index >= 15 is 0 Å². The molecule has 1 aliphatic rings. The molecule has 1 fully saturated rings. The Morgan fingerprint density at radius 1 is 1.38 bits per heavy atom. The van der Waals surface area contributed by atoms with Crippen LogP contribution >= 0.6 is 11.8 Å². The Balaban J connectivity index is 1.80. The monoisotopic (exact) mass is 415 g/mol. The Morgan fingerprint density at radius 2 is 2.14 bits per heavy atom. The van der Waals surface area contributed by atoms with E-state index < -0.39 is 18.5 Å². The smallest absolute Gasteiger partial charge is 0.412 e. The predicted molar refractivity (Wildman–Crippen MR) is 107 cm³/mol. The van der Waals surface area contributed by atoms with Crippen molar-refractivity contribution in [3.8, 4) is 6.07 Å². The van der Waals surface area contributed by atoms with Gasteiger partial charge in [-0.2, -0.15) is 5.26 Å². The Morgan fingerprint density at radius 3 is 2.76 bits per heavy atom. The van der Waals surface area contributed by atoms with Crippen LogP contribution in [0.2, 0.25) is 0 Å². The van der Waals surface area contributed by atoms with Gasteiger partial charge in [-0.1, -0.05) is 42.1 Å². The molecule has 0 spiro atoms. The van der Waals surface area contributed by atoms with Crippen molar-refractivity contribution in [3.63, 3.8) is 0 Å². The second kappa shape index (κ2) is 9.25. The molecule has 1 aromatic heterocycles. The average Bonchev–Trinajstić information content (AvgIpc) is 3.10. The summed E-state index contributed by atoms with van der Waals surface area (Å²) in [6.07, 6.45) is -0.458. The SMILES string of the molecule is CC1(C)OCCN1C(=O)OC[C@H](Sc1nc(CF)ccc1C#N)c1ccccc1. The van der Waals surface area contributed by atoms with E-state index in [0.29, 0.717) is 23.7 Å². The molecule has 1 aliphatic heterocycles. The number of hydrogen-bond acceptors (Lipinski definition) is 6. The number of pyridine rings is 1. The molecular formula is C21H22FN3O3S. The predicted octanol–water partition coefficient (Wildman–Crippen LogP) is 4.46. The third kappa shape index (κ3) is 5.05. The number of hydrogen-bond donors (Lipinski definition) is 0. The van der Waals surface area contributed by atoms with Crippen molar-refractivity contribution in [2.75, 3.05) is 19.8 Å². The number of ether oxygens (including phenoxy) is 2. The highest BCUT2D eigenvalue weighted by Gasteiger charge is 2.38. The normalized spacial score (nSPS) is 16.3. The van der Waals surface area contributed by atoms with Gasteiger partial charge in [-0.25, -0.2) is 14.2 Å². The van der Waals surface area contributed by atoms with Crippen molar-refractivity contribution >= 4 is 17.9 Å². The largest absolute Gasteiger partial charge is 0.448 e. The third-order valence-electron chi connectivity index (χ3n) is 4.60. The summed E-state index contributed by atoms with van der Waals surface area (Å²) in [5.41, 5.74) is 0.815. The molecule has 29 heavy (non-hydrogen) atoms. The first-order valence-corrected chi connectivity index (χ1v) is 10.1. The summed E-state index contributed by atoms with van der Waals surface area (Å²) in [6.45, 7) is 3.92. The lowest BCUT2D eigenvalue weighted by molar-refractivity contribution is -0.0451. The van der Waals surface area contributed by atoms with Gasteiger partial charge in [0.2, 0.25) is 0 Å². The zero-order valence-corrected chi connectivity index (χ0v) is 17.1. The van der Waals surface area contributed by atoms with Crippen LogP contribution in [-0.4, -0.2) is 41.5 Å². The molecule has 0 radical (unpaired) electrons. The minimum absolute atomic E-state index is 0.0759. The molecule has 8 heteroatoms. The summed E-state index contributed by atoms with van der Waals surface area (Å²) in [7, 11) is 0. The van der Waals surface area contributed by atoms with E-state index in [1.54, 1.807) is 11.0 Å². The number of carbonyl (C=O) groups excluding carboxylic acids is 1. The minimum Gasteiger partial charge on any atom is -0.448 e. The highest BCUT2D eigenvalue weighted by molar-refractivity contribution is 7.99. The van der Waals surface area contributed by atoms with Gasteiger partial charge in [-0.15, -0.1) is 0 Å². The van der Waals surface area contributed by atoms with Crippen molar-refractivity contribution in [1.29, 1.82) is 5.26 Å². The molecule has 0 bridgehead atoms. The first kappa shape index (κ1) is 21.1. The van der Waals surface area contributed by atoms with Crippen molar-refractivity contribution in [2.24, 2.45) is 0 Å². The fraction of sp³-hybridized carbons (Fsp3) is 0.381. The molecule has 2 heterocycles. The van der Waals surface area contributed by atoms with E-state index in [2.05, 4.69) is 11.1 Å². The van der Waals surface area contributed by atoms with Gasteiger partial charge < -0.3 is 9.47 Å². The zero-order valence-electron chi connectivity index (χ0n) is 16.3. The fourth-order valence-electron chi connectivity index (χ4n) is 3.00. The maximum atomic E-state index is 13.1. The number of rotatable bonds is 6. The van der Waals surface area contributed by atoms with Crippen LogP contribution in [0.15, 0.2) is 47.5 Å². The Bertz CT molecular complexity index is 902. The number of nitriles is 1. The third-order valence-corrected chi connectivity index (χ3v) is 5.83. The van der Waals surface area contributed by atoms with Gasteiger partial charge in [0.05, 0.1) is 29.7 Å². The number of nitrogens with zero attached hydrogens (tertiary/aromatic N) is 3. The van der Waals surface area contributed by atoms with E-state index in [4.69, 9.17) is 9.47 Å². The van der Waals surface area contributed by atoms with Gasteiger partial charge in [-0.3, -0.25) is 4.90 Å². The molecule has 152 valence electrons. The van der Waals surface area contributed by atoms with Crippen molar-refractivity contribution in [2.45, 2.75) is 36.5 Å². The van der Waals surface area contributed by atoms with E-state index in [0.717, 1.165) is 5.56 Å². The standard InChI is InChI=1S/C21H22FN3O3S/c1-21(2)25(10-11-28-21)20(26)27-14-18(15-6-4-3-5-7-15)29-19-16(13-23)8-9-17(12-22)24-19/h3-9,18H,10-12,14H2,1-2H3/t18-/m0/s1. The maximum Gasteiger partial charge on any atom is 0.412 e. The fourth-order valence-corrected chi connectivity index (χ4v) is 4.11. The van der Waals surface area contributed by atoms with Crippen molar-refractivity contribution in [3.05, 3.63) is 59.3 Å². The molecule has 1 aromatic carbocycles. The molecule has 0 aliphatic carbocycles. The van der Waals surface area contributed by atoms with Gasteiger partial charge in [0, 0.05) is 0 Å². The Hall–Kier alpha value is -2.63. The summed E-state index contributed by atoms with van der Waals surface area (Å²) in [4.78, 5) is 18.4. The van der Waals surface area contributed by atoms with Crippen LogP contribution in [0.3, 0.4) is 0 Å². The number of carbonyl (C=O) groups is 1. The molecule has 3 rings (SSSR count). The van der Waals surface area contributed by atoms with Crippen molar-refractivity contribution < 1.29 is 18.7 Å². The van der Waals surface area contributed by atoms with Crippen LogP contribution in [0.1, 0.15) is 35.9 Å². The molecule has 1 atom stereocenters. The molecule has 6 nitrogen and oxygen atoms in total. The first-order chi connectivity index (χ1) is 13.9. The van der Waals surface area contributed by atoms with Gasteiger partial charge in [-0.05, 0) is 31.5 Å². The molecule has 1 saturated heterocycles. The topological polar surface area (TPSA) is 75.4 Å². The molecular weight excluding hydrogens is 393 g/mol. The lowest BCUT2D eigenvalue weighted by atomic mass is 10.1. The zero-order chi connectivity index (χ0) is 20.9. The van der Waals surface area contributed by atoms with E-state index in [1.807, 2.05) is 44.2 Å². The lowest BCUT2D eigenvalue weighted by Crippen LogP contribution is -2.44. The Labute approximate surface area is 173 Å². The average molecular weight is 415 g/mol. The number of benzene rings is 1. The maximum absolute atomic E-state index is 13.1. The quantitative estimate of drug-likeness (QED) is 0.649. The van der Waals surface area contributed by atoms with Crippen LogP contribution in [0.4, 0.5) is 9.18 Å². The molecule has 1 amide bonds. The van der Waals surface area contributed by atoms with Crippen LogP contribution in [0.25, 0.3) is 0 Å². The molecule has 0 unspecified atom stereocenters. The molecule has 2 aromatic rings. The lowest BCUT2D eigenvalue weighted by Gasteiger charge is -2.29. The van der Waals surface area contributed by atoms with Crippen LogP contribution in [-0.2, 0) is 16.1 Å². The van der Waals surface area contributed by atoms with E-state index in [1.165, 1.54) is 17.8 Å². The summed E-state index contributed by atoms with van der Waals surface area (Å²) in [5.74, 6) is 0. The Kier molecular flexibility index (Phi) is 6.72. The summed E-state index contributed by atoms with van der Waals surface area (Å²) < 4.78 is 24.2. The van der Waals surface area contributed by atoms with Crippen LogP contribution in [0.5, 0.6) is 0 Å². The molecule has 0 saturated carbocycles. The first-order valence-electron chi connectivity index (χ1n) is 9.20. The summed E-state index contributed by atoms with van der Waals surface area (Å²) in [6, 6.07) is 14.6. The van der Waals surface area contributed by atoms with E-state index in [-0.39, 0.29) is 17.6 Å². The van der Waals surface area contributed by atoms with Crippen molar-refractivity contribution in [1.82, 2.24) is 9.88 Å². The van der Waals surface area contributed by atoms with Gasteiger partial charge in [0.15, 0.2) is 0 Å². The second-order valence-corrected chi connectivity index (χ2v) is 8.13. The van der Waals surface area contributed by atoms with E-state index in [9.17, 15) is 14.4 Å².